The highest BCUT2D eigenvalue weighted by Gasteiger charge is 2.24. The molecule has 1 unspecified atom stereocenters. The Morgan fingerprint density at radius 3 is 2.96 bits per heavy atom. The summed E-state index contributed by atoms with van der Waals surface area (Å²) in [5.74, 6) is 2.57. The van der Waals surface area contributed by atoms with Gasteiger partial charge in [0.1, 0.15) is 0 Å². The molecule has 130 valence electrons. The summed E-state index contributed by atoms with van der Waals surface area (Å²) in [6.07, 6.45) is 4.22. The molecule has 2 aromatic rings. The van der Waals surface area contributed by atoms with E-state index >= 15 is 0 Å². The van der Waals surface area contributed by atoms with Crippen molar-refractivity contribution in [1.29, 1.82) is 0 Å². The van der Waals surface area contributed by atoms with Gasteiger partial charge < -0.3 is 14.4 Å². The zero-order valence-corrected chi connectivity index (χ0v) is 15.9. The Balaban J connectivity index is 1.46. The summed E-state index contributed by atoms with van der Waals surface area (Å²) in [5, 5.41) is 0.355. The Labute approximate surface area is 158 Å². The smallest absolute Gasteiger partial charge is 0.255 e. The first-order chi connectivity index (χ1) is 12.2. The second-order valence-corrected chi connectivity index (χ2v) is 8.17. The number of fused-ring (bicyclic) bond motifs is 1. The number of pyridine rings is 1. The first-order valence-corrected chi connectivity index (χ1v) is 9.96. The number of nitrogens with zero attached hydrogens (tertiary/aromatic N) is 2. The van der Waals surface area contributed by atoms with Crippen molar-refractivity contribution in [2.45, 2.75) is 11.7 Å². The molecule has 2 aliphatic heterocycles. The van der Waals surface area contributed by atoms with E-state index in [9.17, 15) is 4.79 Å². The van der Waals surface area contributed by atoms with Crippen LogP contribution < -0.4 is 9.47 Å². The van der Waals surface area contributed by atoms with E-state index in [0.29, 0.717) is 17.6 Å². The van der Waals surface area contributed by atoms with Crippen LogP contribution in [0.5, 0.6) is 11.5 Å². The molecule has 3 heterocycles. The Morgan fingerprint density at radius 1 is 1.20 bits per heavy atom. The van der Waals surface area contributed by atoms with Crippen LogP contribution in [0.25, 0.3) is 0 Å². The van der Waals surface area contributed by atoms with Crippen LogP contribution in [0.15, 0.2) is 41.1 Å². The second kappa shape index (κ2) is 7.25. The third kappa shape index (κ3) is 3.62. The van der Waals surface area contributed by atoms with Gasteiger partial charge in [-0.25, -0.2) is 0 Å². The van der Waals surface area contributed by atoms with Gasteiger partial charge in [-0.15, -0.1) is 0 Å². The maximum absolute atomic E-state index is 12.7. The Kier molecular flexibility index (Phi) is 4.85. The first-order valence-electron chi connectivity index (χ1n) is 8.12. The lowest BCUT2D eigenvalue weighted by Crippen LogP contribution is -2.33. The largest absolute Gasteiger partial charge is 0.454 e. The summed E-state index contributed by atoms with van der Waals surface area (Å²) in [6, 6.07) is 7.96. The molecule has 25 heavy (non-hydrogen) atoms. The molecule has 5 nitrogen and oxygen atoms in total. The standard InChI is InChI=1S/C18H17BrN2O3S/c19-14-7-13(9-20-10-14)18(22)21-4-3-17(25-6-5-21)12-1-2-15-16(8-12)24-11-23-15/h1-2,7-10,17H,3-6,11H2. The molecule has 4 rings (SSSR count). The quantitative estimate of drug-likeness (QED) is 0.737. The number of halogens is 1. The van der Waals surface area contributed by atoms with Gasteiger partial charge in [-0.2, -0.15) is 11.8 Å². The highest BCUT2D eigenvalue weighted by Crippen LogP contribution is 2.40. The molecule has 1 atom stereocenters. The summed E-state index contributed by atoms with van der Waals surface area (Å²) in [5.41, 5.74) is 1.86. The van der Waals surface area contributed by atoms with E-state index in [1.54, 1.807) is 12.4 Å². The highest BCUT2D eigenvalue weighted by atomic mass is 79.9. The molecule has 0 radical (unpaired) electrons. The number of carbonyl (C=O) groups excluding carboxylic acids is 1. The summed E-state index contributed by atoms with van der Waals surface area (Å²) >= 11 is 5.26. The number of rotatable bonds is 2. The fourth-order valence-electron chi connectivity index (χ4n) is 3.06. The molecule has 0 spiro atoms. The first kappa shape index (κ1) is 16.7. The average molecular weight is 421 g/mol. The van der Waals surface area contributed by atoms with Crippen LogP contribution in [-0.4, -0.2) is 41.4 Å². The SMILES string of the molecule is O=C(c1cncc(Br)c1)N1CCSC(c2ccc3c(c2)OCO3)CC1. The zero-order chi connectivity index (χ0) is 17.2. The van der Waals surface area contributed by atoms with E-state index in [2.05, 4.69) is 33.0 Å². The molecule has 1 fully saturated rings. The van der Waals surface area contributed by atoms with Gasteiger partial charge >= 0.3 is 0 Å². The van der Waals surface area contributed by atoms with Crippen molar-refractivity contribution in [3.8, 4) is 11.5 Å². The lowest BCUT2D eigenvalue weighted by Gasteiger charge is -2.20. The topological polar surface area (TPSA) is 51.7 Å². The molecule has 0 saturated carbocycles. The predicted molar refractivity (Wildman–Crippen MR) is 100 cm³/mol. The molecule has 0 N–H and O–H groups in total. The maximum atomic E-state index is 12.7. The fourth-order valence-corrected chi connectivity index (χ4v) is 4.65. The molecule has 0 bridgehead atoms. The van der Waals surface area contributed by atoms with Crippen molar-refractivity contribution < 1.29 is 14.3 Å². The van der Waals surface area contributed by atoms with Crippen LogP contribution in [0.2, 0.25) is 0 Å². The van der Waals surface area contributed by atoms with Crippen molar-refractivity contribution in [2.24, 2.45) is 0 Å². The second-order valence-electron chi connectivity index (χ2n) is 5.94. The molecule has 1 aromatic heterocycles. The van der Waals surface area contributed by atoms with E-state index in [0.717, 1.165) is 41.2 Å². The predicted octanol–water partition coefficient (Wildman–Crippen LogP) is 3.89. The van der Waals surface area contributed by atoms with Gasteiger partial charge in [0.25, 0.3) is 5.91 Å². The number of hydrogen-bond donors (Lipinski definition) is 0. The van der Waals surface area contributed by atoms with Crippen molar-refractivity contribution in [3.05, 3.63) is 52.3 Å². The molecule has 1 aromatic carbocycles. The Morgan fingerprint density at radius 2 is 2.08 bits per heavy atom. The van der Waals surface area contributed by atoms with Crippen LogP contribution >= 0.6 is 27.7 Å². The number of benzene rings is 1. The van der Waals surface area contributed by atoms with Crippen molar-refractivity contribution in [1.82, 2.24) is 9.88 Å². The Hall–Kier alpha value is -1.73. The number of carbonyl (C=O) groups is 1. The molecule has 1 amide bonds. The molecule has 0 aliphatic carbocycles. The van der Waals surface area contributed by atoms with Gasteiger partial charge in [0.15, 0.2) is 11.5 Å². The molecular formula is C18H17BrN2O3S. The molecule has 2 aliphatic rings. The van der Waals surface area contributed by atoms with E-state index in [1.165, 1.54) is 5.56 Å². The van der Waals surface area contributed by atoms with Crippen LogP contribution in [0, 0.1) is 0 Å². The molecule has 1 saturated heterocycles. The number of aromatic nitrogens is 1. The van der Waals surface area contributed by atoms with E-state index in [-0.39, 0.29) is 5.91 Å². The molecular weight excluding hydrogens is 404 g/mol. The number of ether oxygens (including phenoxy) is 2. The molecule has 7 heteroatoms. The van der Waals surface area contributed by atoms with Crippen LogP contribution in [0.4, 0.5) is 0 Å². The lowest BCUT2D eigenvalue weighted by atomic mass is 10.1. The van der Waals surface area contributed by atoms with Crippen LogP contribution in [0.1, 0.15) is 27.6 Å². The van der Waals surface area contributed by atoms with Gasteiger partial charge in [-0.1, -0.05) is 6.07 Å². The van der Waals surface area contributed by atoms with Crippen LogP contribution in [-0.2, 0) is 0 Å². The summed E-state index contributed by atoms with van der Waals surface area (Å²) in [4.78, 5) is 18.7. The van der Waals surface area contributed by atoms with Gasteiger partial charge in [0.05, 0.1) is 5.56 Å². The highest BCUT2D eigenvalue weighted by molar-refractivity contribution is 9.10. The van der Waals surface area contributed by atoms with E-state index < -0.39 is 0 Å². The van der Waals surface area contributed by atoms with Crippen molar-refractivity contribution in [2.75, 3.05) is 25.6 Å². The third-order valence-electron chi connectivity index (χ3n) is 4.35. The van der Waals surface area contributed by atoms with Crippen LogP contribution in [0.3, 0.4) is 0 Å². The summed E-state index contributed by atoms with van der Waals surface area (Å²) in [6.45, 7) is 1.77. The maximum Gasteiger partial charge on any atom is 0.255 e. The summed E-state index contributed by atoms with van der Waals surface area (Å²) in [7, 11) is 0. The van der Waals surface area contributed by atoms with Crippen molar-refractivity contribution in [3.63, 3.8) is 0 Å². The fraction of sp³-hybridized carbons (Fsp3) is 0.333. The number of amides is 1. The average Bonchev–Trinajstić information content (AvgIpc) is 2.96. The third-order valence-corrected chi connectivity index (χ3v) is 6.11. The summed E-state index contributed by atoms with van der Waals surface area (Å²) < 4.78 is 11.7. The number of hydrogen-bond acceptors (Lipinski definition) is 5. The van der Waals surface area contributed by atoms with Gasteiger partial charge in [0, 0.05) is 41.0 Å². The van der Waals surface area contributed by atoms with E-state index in [4.69, 9.17) is 9.47 Å². The van der Waals surface area contributed by atoms with Gasteiger partial charge in [-0.05, 0) is 46.1 Å². The van der Waals surface area contributed by atoms with E-state index in [1.807, 2.05) is 28.8 Å². The van der Waals surface area contributed by atoms with Gasteiger partial charge in [0.2, 0.25) is 6.79 Å². The van der Waals surface area contributed by atoms with Crippen molar-refractivity contribution >= 4 is 33.6 Å². The monoisotopic (exact) mass is 420 g/mol. The number of thioether (sulfide) groups is 1. The normalized spacial score (nSPS) is 19.6. The van der Waals surface area contributed by atoms with Gasteiger partial charge in [-0.3, -0.25) is 9.78 Å². The zero-order valence-electron chi connectivity index (χ0n) is 13.5. The minimum absolute atomic E-state index is 0.0423. The minimum Gasteiger partial charge on any atom is -0.454 e. The Bertz CT molecular complexity index is 802. The lowest BCUT2D eigenvalue weighted by molar-refractivity contribution is 0.0766. The minimum atomic E-state index is 0.0423.